The Morgan fingerprint density at radius 3 is 3.05 bits per heavy atom. The van der Waals surface area contributed by atoms with Gasteiger partial charge in [-0.15, -0.1) is 0 Å². The van der Waals surface area contributed by atoms with Crippen molar-refractivity contribution in [1.29, 1.82) is 0 Å². The molecule has 0 saturated carbocycles. The smallest absolute Gasteiger partial charge is 0.245 e. The third-order valence-electron chi connectivity index (χ3n) is 3.53. The van der Waals surface area contributed by atoms with Crippen LogP contribution in [0.4, 0.5) is 11.5 Å². The van der Waals surface area contributed by atoms with Crippen LogP contribution in [-0.2, 0) is 4.79 Å². The van der Waals surface area contributed by atoms with Gasteiger partial charge in [0.1, 0.15) is 5.76 Å². The van der Waals surface area contributed by atoms with Crippen LogP contribution in [0.25, 0.3) is 0 Å². The number of aryl methyl sites for hydroxylation is 1. The Morgan fingerprint density at radius 1 is 1.50 bits per heavy atom. The summed E-state index contributed by atoms with van der Waals surface area (Å²) in [6.07, 6.45) is 0. The Labute approximate surface area is 117 Å². The lowest BCUT2D eigenvalue weighted by molar-refractivity contribution is -0.115. The van der Waals surface area contributed by atoms with Crippen molar-refractivity contribution in [3.05, 3.63) is 41.7 Å². The number of anilines is 2. The predicted molar refractivity (Wildman–Crippen MR) is 76.9 cm³/mol. The first-order chi connectivity index (χ1) is 9.63. The van der Waals surface area contributed by atoms with Gasteiger partial charge in [-0.1, -0.05) is 30.3 Å². The van der Waals surface area contributed by atoms with Crippen molar-refractivity contribution in [3.63, 3.8) is 0 Å². The van der Waals surface area contributed by atoms with E-state index in [1.807, 2.05) is 12.1 Å². The van der Waals surface area contributed by atoms with E-state index < -0.39 is 0 Å². The molecule has 1 aliphatic heterocycles. The minimum absolute atomic E-state index is 0.0813. The number of hydrogen-bond donors (Lipinski definition) is 1. The largest absolute Gasteiger partial charge is 0.361 e. The molecule has 1 aromatic carbocycles. The van der Waals surface area contributed by atoms with E-state index in [1.54, 1.807) is 13.0 Å². The number of benzene rings is 1. The highest BCUT2D eigenvalue weighted by Gasteiger charge is 2.26. The fourth-order valence-corrected chi connectivity index (χ4v) is 2.65. The summed E-state index contributed by atoms with van der Waals surface area (Å²) >= 11 is 0. The molecule has 1 atom stereocenters. The van der Waals surface area contributed by atoms with E-state index in [2.05, 4.69) is 34.4 Å². The standard InChI is InChI=1S/C15H17N3O2/c1-10-8-18(13-6-4-3-5-12(10)13)9-15(19)16-14-7-11(2)20-17-14/h3-7,10H,8-9H2,1-2H3,(H,16,17,19). The van der Waals surface area contributed by atoms with Gasteiger partial charge in [0.2, 0.25) is 5.91 Å². The van der Waals surface area contributed by atoms with Gasteiger partial charge in [-0.3, -0.25) is 4.79 Å². The summed E-state index contributed by atoms with van der Waals surface area (Å²) in [5, 5.41) is 6.51. The van der Waals surface area contributed by atoms with E-state index in [4.69, 9.17) is 4.52 Å². The Bertz CT molecular complexity index is 636. The van der Waals surface area contributed by atoms with Crippen LogP contribution < -0.4 is 10.2 Å². The fraction of sp³-hybridized carbons (Fsp3) is 0.333. The summed E-state index contributed by atoms with van der Waals surface area (Å²) in [6, 6.07) is 9.93. The SMILES string of the molecule is Cc1cc(NC(=O)CN2CC(C)c3ccccc32)no1. The maximum Gasteiger partial charge on any atom is 0.245 e. The van der Waals surface area contributed by atoms with E-state index in [1.165, 1.54) is 5.56 Å². The van der Waals surface area contributed by atoms with E-state index >= 15 is 0 Å². The second-order valence-corrected chi connectivity index (χ2v) is 5.21. The van der Waals surface area contributed by atoms with Crippen LogP contribution in [-0.4, -0.2) is 24.2 Å². The molecule has 0 bridgehead atoms. The first-order valence-corrected chi connectivity index (χ1v) is 6.70. The molecule has 1 N–H and O–H groups in total. The molecule has 0 spiro atoms. The van der Waals surface area contributed by atoms with Crippen molar-refractivity contribution >= 4 is 17.4 Å². The lowest BCUT2D eigenvalue weighted by Crippen LogP contribution is -2.32. The fourth-order valence-electron chi connectivity index (χ4n) is 2.65. The summed E-state index contributed by atoms with van der Waals surface area (Å²) in [6.45, 7) is 5.16. The molecule has 3 rings (SSSR count). The Hall–Kier alpha value is -2.30. The van der Waals surface area contributed by atoms with E-state index in [0.717, 1.165) is 12.2 Å². The molecule has 5 heteroatoms. The molecular formula is C15H17N3O2. The zero-order valence-electron chi connectivity index (χ0n) is 11.6. The predicted octanol–water partition coefficient (Wildman–Crippen LogP) is 2.55. The average Bonchev–Trinajstić information content (AvgIpc) is 2.95. The number of fused-ring (bicyclic) bond motifs is 1. The zero-order chi connectivity index (χ0) is 14.1. The molecule has 0 fully saturated rings. The quantitative estimate of drug-likeness (QED) is 0.932. The highest BCUT2D eigenvalue weighted by Crippen LogP contribution is 2.35. The van der Waals surface area contributed by atoms with Crippen molar-refractivity contribution in [2.45, 2.75) is 19.8 Å². The lowest BCUT2D eigenvalue weighted by Gasteiger charge is -2.18. The molecule has 1 amide bonds. The number of carbonyl (C=O) groups excluding carboxylic acids is 1. The molecular weight excluding hydrogens is 254 g/mol. The second kappa shape index (κ2) is 5.00. The van der Waals surface area contributed by atoms with Crippen molar-refractivity contribution in [2.24, 2.45) is 0 Å². The van der Waals surface area contributed by atoms with Gasteiger partial charge >= 0.3 is 0 Å². The highest BCUT2D eigenvalue weighted by atomic mass is 16.5. The van der Waals surface area contributed by atoms with Crippen LogP contribution in [0.15, 0.2) is 34.9 Å². The summed E-state index contributed by atoms with van der Waals surface area (Å²) < 4.78 is 4.93. The van der Waals surface area contributed by atoms with Gasteiger partial charge in [-0.05, 0) is 18.6 Å². The van der Waals surface area contributed by atoms with Crippen LogP contribution in [0.2, 0.25) is 0 Å². The molecule has 0 aliphatic carbocycles. The molecule has 2 heterocycles. The van der Waals surface area contributed by atoms with Crippen LogP contribution in [0.5, 0.6) is 0 Å². The van der Waals surface area contributed by atoms with Crippen molar-refractivity contribution < 1.29 is 9.32 Å². The van der Waals surface area contributed by atoms with E-state index in [9.17, 15) is 4.79 Å². The topological polar surface area (TPSA) is 58.4 Å². The molecule has 20 heavy (non-hydrogen) atoms. The van der Waals surface area contributed by atoms with Gasteiger partial charge in [0.05, 0.1) is 6.54 Å². The van der Waals surface area contributed by atoms with E-state index in [0.29, 0.717) is 24.0 Å². The van der Waals surface area contributed by atoms with Crippen LogP contribution >= 0.6 is 0 Å². The third kappa shape index (κ3) is 2.39. The number of nitrogens with one attached hydrogen (secondary N) is 1. The number of rotatable bonds is 3. The van der Waals surface area contributed by atoms with Crippen molar-refractivity contribution in [3.8, 4) is 0 Å². The zero-order valence-corrected chi connectivity index (χ0v) is 11.6. The number of nitrogens with zero attached hydrogens (tertiary/aromatic N) is 2. The van der Waals surface area contributed by atoms with Crippen LogP contribution in [0, 0.1) is 6.92 Å². The minimum atomic E-state index is -0.0813. The number of aromatic nitrogens is 1. The first kappa shape index (κ1) is 12.7. The maximum atomic E-state index is 12.1. The van der Waals surface area contributed by atoms with Gasteiger partial charge in [0, 0.05) is 24.2 Å². The number of amides is 1. The van der Waals surface area contributed by atoms with Gasteiger partial charge in [0.15, 0.2) is 5.82 Å². The monoisotopic (exact) mass is 271 g/mol. The van der Waals surface area contributed by atoms with Gasteiger partial charge in [-0.2, -0.15) is 0 Å². The highest BCUT2D eigenvalue weighted by molar-refractivity contribution is 5.93. The molecule has 0 radical (unpaired) electrons. The molecule has 1 unspecified atom stereocenters. The van der Waals surface area contributed by atoms with Crippen molar-refractivity contribution in [1.82, 2.24) is 5.16 Å². The number of carbonyl (C=O) groups is 1. The van der Waals surface area contributed by atoms with Gasteiger partial charge in [0.25, 0.3) is 0 Å². The van der Waals surface area contributed by atoms with E-state index in [-0.39, 0.29) is 5.91 Å². The Balaban J connectivity index is 1.68. The van der Waals surface area contributed by atoms with Crippen LogP contribution in [0.3, 0.4) is 0 Å². The van der Waals surface area contributed by atoms with Gasteiger partial charge < -0.3 is 14.7 Å². The maximum absolute atomic E-state index is 12.1. The van der Waals surface area contributed by atoms with Crippen molar-refractivity contribution in [2.75, 3.05) is 23.3 Å². The van der Waals surface area contributed by atoms with Gasteiger partial charge in [-0.25, -0.2) is 0 Å². The summed E-state index contributed by atoms with van der Waals surface area (Å²) in [7, 11) is 0. The average molecular weight is 271 g/mol. The summed E-state index contributed by atoms with van der Waals surface area (Å²) in [5.74, 6) is 1.52. The second-order valence-electron chi connectivity index (χ2n) is 5.21. The van der Waals surface area contributed by atoms with Crippen LogP contribution in [0.1, 0.15) is 24.2 Å². The summed E-state index contributed by atoms with van der Waals surface area (Å²) in [5.41, 5.74) is 2.45. The normalized spacial score (nSPS) is 17.1. The first-order valence-electron chi connectivity index (χ1n) is 6.70. The lowest BCUT2D eigenvalue weighted by atomic mass is 10.0. The number of hydrogen-bond acceptors (Lipinski definition) is 4. The minimum Gasteiger partial charge on any atom is -0.361 e. The molecule has 0 saturated heterocycles. The molecule has 104 valence electrons. The molecule has 1 aromatic heterocycles. The molecule has 5 nitrogen and oxygen atoms in total. The Morgan fingerprint density at radius 2 is 2.30 bits per heavy atom. The third-order valence-corrected chi connectivity index (χ3v) is 3.53. The Kier molecular flexibility index (Phi) is 3.18. The molecule has 1 aliphatic rings. The summed E-state index contributed by atoms with van der Waals surface area (Å²) in [4.78, 5) is 14.2. The number of para-hydroxylation sites is 1. The molecule has 2 aromatic rings.